The van der Waals surface area contributed by atoms with Gasteiger partial charge in [0.2, 0.25) is 0 Å². The molecule has 1 atom stereocenters. The number of hydrogen-bond donors (Lipinski definition) is 2. The third-order valence-electron chi connectivity index (χ3n) is 3.79. The number of likely N-dealkylation sites (N-methyl/N-ethyl adjacent to an activating group) is 1. The van der Waals surface area contributed by atoms with Crippen LogP contribution in [0.1, 0.15) is 53.4 Å². The zero-order chi connectivity index (χ0) is 14.2. The normalized spacial score (nSPS) is 15.1. The molecule has 0 aromatic rings. The Morgan fingerprint density at radius 1 is 1.33 bits per heavy atom. The lowest BCUT2D eigenvalue weighted by Crippen LogP contribution is -2.49. The van der Waals surface area contributed by atoms with Crippen molar-refractivity contribution in [3.05, 3.63) is 0 Å². The lowest BCUT2D eigenvalue weighted by Gasteiger charge is -2.29. The maximum Gasteiger partial charge on any atom is 0.323 e. The molecule has 2 N–H and O–H groups in total. The summed E-state index contributed by atoms with van der Waals surface area (Å²) in [6.07, 6.45) is 3.87. The van der Waals surface area contributed by atoms with E-state index in [2.05, 4.69) is 31.1 Å². The summed E-state index contributed by atoms with van der Waals surface area (Å²) in [5.41, 5.74) is -0.788. The minimum Gasteiger partial charge on any atom is -0.480 e. The van der Waals surface area contributed by atoms with Crippen molar-refractivity contribution in [3.63, 3.8) is 0 Å². The van der Waals surface area contributed by atoms with E-state index in [0.29, 0.717) is 19.0 Å². The van der Waals surface area contributed by atoms with E-state index in [9.17, 15) is 9.90 Å². The molecule has 0 aliphatic heterocycles. The van der Waals surface area contributed by atoms with E-state index >= 15 is 0 Å². The first-order valence-corrected chi connectivity index (χ1v) is 7.09. The summed E-state index contributed by atoms with van der Waals surface area (Å²) >= 11 is 0. The van der Waals surface area contributed by atoms with E-state index in [-0.39, 0.29) is 0 Å². The first-order chi connectivity index (χ1) is 8.41. The topological polar surface area (TPSA) is 52.6 Å². The molecule has 0 aromatic heterocycles. The van der Waals surface area contributed by atoms with Gasteiger partial charge in [-0.3, -0.25) is 4.79 Å². The third kappa shape index (κ3) is 5.36. The van der Waals surface area contributed by atoms with Crippen molar-refractivity contribution in [3.8, 4) is 0 Å². The molecule has 108 valence electrons. The van der Waals surface area contributed by atoms with Crippen molar-refractivity contribution >= 4 is 5.97 Å². The fourth-order valence-electron chi connectivity index (χ4n) is 2.44. The van der Waals surface area contributed by atoms with Crippen LogP contribution in [0.5, 0.6) is 0 Å². The summed E-state index contributed by atoms with van der Waals surface area (Å²) in [4.78, 5) is 13.6. The standard InChI is InChI=1S/C14H30N2O2/c1-6-12(7-2)16(5)11-9-10-14(4,13(17)18)15-8-3/h12,15H,6-11H2,1-5H3,(H,17,18). The van der Waals surface area contributed by atoms with Gasteiger partial charge in [-0.1, -0.05) is 20.8 Å². The average Bonchev–Trinajstić information content (AvgIpc) is 2.30. The van der Waals surface area contributed by atoms with Crippen LogP contribution >= 0.6 is 0 Å². The Kier molecular flexibility index (Phi) is 8.20. The van der Waals surface area contributed by atoms with E-state index in [4.69, 9.17) is 0 Å². The summed E-state index contributed by atoms with van der Waals surface area (Å²) in [6, 6.07) is 0.611. The highest BCUT2D eigenvalue weighted by Crippen LogP contribution is 2.14. The second-order valence-corrected chi connectivity index (χ2v) is 5.22. The number of hydrogen-bond acceptors (Lipinski definition) is 3. The number of carboxylic acid groups (broad SMARTS) is 1. The lowest BCUT2D eigenvalue weighted by atomic mass is 9.95. The summed E-state index contributed by atoms with van der Waals surface area (Å²) in [7, 11) is 2.13. The highest BCUT2D eigenvalue weighted by Gasteiger charge is 2.31. The van der Waals surface area contributed by atoms with Gasteiger partial charge in [0.05, 0.1) is 0 Å². The zero-order valence-corrected chi connectivity index (χ0v) is 12.6. The van der Waals surface area contributed by atoms with Crippen molar-refractivity contribution in [1.29, 1.82) is 0 Å². The number of carboxylic acids is 1. The van der Waals surface area contributed by atoms with Crippen LogP contribution in [0.2, 0.25) is 0 Å². The van der Waals surface area contributed by atoms with E-state index in [1.54, 1.807) is 6.92 Å². The minimum atomic E-state index is -0.788. The number of rotatable bonds is 10. The smallest absolute Gasteiger partial charge is 0.323 e. The molecule has 0 fully saturated rings. The molecule has 0 aliphatic rings. The van der Waals surface area contributed by atoms with Gasteiger partial charge in [-0.2, -0.15) is 0 Å². The molecule has 0 bridgehead atoms. The minimum absolute atomic E-state index is 0.611. The van der Waals surface area contributed by atoms with Gasteiger partial charge < -0.3 is 15.3 Å². The Balaban J connectivity index is 4.18. The van der Waals surface area contributed by atoms with Gasteiger partial charge in [-0.25, -0.2) is 0 Å². The van der Waals surface area contributed by atoms with Crippen LogP contribution in [0.3, 0.4) is 0 Å². The Morgan fingerprint density at radius 2 is 1.89 bits per heavy atom. The van der Waals surface area contributed by atoms with Gasteiger partial charge in [0.25, 0.3) is 0 Å². The number of carbonyl (C=O) groups is 1. The largest absolute Gasteiger partial charge is 0.480 e. The van der Waals surface area contributed by atoms with Crippen LogP contribution in [-0.4, -0.2) is 47.7 Å². The molecule has 4 heteroatoms. The highest BCUT2D eigenvalue weighted by atomic mass is 16.4. The molecule has 0 amide bonds. The maximum atomic E-state index is 11.3. The third-order valence-corrected chi connectivity index (χ3v) is 3.79. The fraction of sp³-hybridized carbons (Fsp3) is 0.929. The lowest BCUT2D eigenvalue weighted by molar-refractivity contribution is -0.144. The van der Waals surface area contributed by atoms with Crippen molar-refractivity contribution < 1.29 is 9.90 Å². The van der Waals surface area contributed by atoms with E-state index < -0.39 is 11.5 Å². The van der Waals surface area contributed by atoms with Gasteiger partial charge in [0.15, 0.2) is 0 Å². The number of nitrogens with one attached hydrogen (secondary N) is 1. The van der Waals surface area contributed by atoms with Crippen LogP contribution in [0.15, 0.2) is 0 Å². The van der Waals surface area contributed by atoms with E-state index in [1.165, 1.54) is 0 Å². The maximum absolute atomic E-state index is 11.3. The molecule has 0 aromatic carbocycles. The van der Waals surface area contributed by atoms with Gasteiger partial charge in [-0.05, 0) is 52.7 Å². The molecular formula is C14H30N2O2. The van der Waals surface area contributed by atoms with Crippen LogP contribution in [-0.2, 0) is 4.79 Å². The summed E-state index contributed by atoms with van der Waals surface area (Å²) in [5, 5.41) is 12.3. The molecule has 18 heavy (non-hydrogen) atoms. The van der Waals surface area contributed by atoms with Gasteiger partial charge in [0.1, 0.15) is 5.54 Å². The quantitative estimate of drug-likeness (QED) is 0.631. The second kappa shape index (κ2) is 8.48. The monoisotopic (exact) mass is 258 g/mol. The van der Waals surface area contributed by atoms with E-state index in [0.717, 1.165) is 25.8 Å². The Morgan fingerprint density at radius 3 is 2.28 bits per heavy atom. The zero-order valence-electron chi connectivity index (χ0n) is 12.6. The van der Waals surface area contributed by atoms with Crippen LogP contribution in [0.25, 0.3) is 0 Å². The van der Waals surface area contributed by atoms with Gasteiger partial charge in [0, 0.05) is 6.04 Å². The predicted molar refractivity (Wildman–Crippen MR) is 76.0 cm³/mol. The van der Waals surface area contributed by atoms with Crippen molar-refractivity contribution in [2.75, 3.05) is 20.1 Å². The molecule has 0 spiro atoms. The van der Waals surface area contributed by atoms with Crippen LogP contribution in [0, 0.1) is 0 Å². The predicted octanol–water partition coefficient (Wildman–Crippen LogP) is 2.34. The fourth-order valence-corrected chi connectivity index (χ4v) is 2.44. The molecule has 0 heterocycles. The number of aliphatic carboxylic acids is 1. The molecule has 1 unspecified atom stereocenters. The molecule has 0 aliphatic carbocycles. The first-order valence-electron chi connectivity index (χ1n) is 7.09. The molecule has 0 radical (unpaired) electrons. The van der Waals surface area contributed by atoms with Crippen LogP contribution in [0.4, 0.5) is 0 Å². The van der Waals surface area contributed by atoms with E-state index in [1.807, 2.05) is 6.92 Å². The highest BCUT2D eigenvalue weighted by molar-refractivity contribution is 5.78. The van der Waals surface area contributed by atoms with Crippen LogP contribution < -0.4 is 5.32 Å². The summed E-state index contributed by atoms with van der Waals surface area (Å²) < 4.78 is 0. The van der Waals surface area contributed by atoms with Crippen molar-refractivity contribution in [2.45, 2.75) is 65.0 Å². The molecule has 4 nitrogen and oxygen atoms in total. The van der Waals surface area contributed by atoms with Gasteiger partial charge >= 0.3 is 5.97 Å². The molecule has 0 saturated carbocycles. The second-order valence-electron chi connectivity index (χ2n) is 5.22. The Labute approximate surface area is 112 Å². The average molecular weight is 258 g/mol. The van der Waals surface area contributed by atoms with Crippen molar-refractivity contribution in [2.24, 2.45) is 0 Å². The molecular weight excluding hydrogens is 228 g/mol. The Hall–Kier alpha value is -0.610. The number of nitrogens with zero attached hydrogens (tertiary/aromatic N) is 1. The van der Waals surface area contributed by atoms with Crippen molar-refractivity contribution in [1.82, 2.24) is 10.2 Å². The molecule has 0 saturated heterocycles. The van der Waals surface area contributed by atoms with Gasteiger partial charge in [-0.15, -0.1) is 0 Å². The summed E-state index contributed by atoms with van der Waals surface area (Å²) in [5.74, 6) is -0.755. The first kappa shape index (κ1) is 17.4. The SMILES string of the molecule is CCNC(C)(CCCN(C)C(CC)CC)C(=O)O. The molecule has 0 rings (SSSR count). The Bertz CT molecular complexity index is 242. The summed E-state index contributed by atoms with van der Waals surface area (Å²) in [6.45, 7) is 9.76.